The number of carboxylic acid groups (broad SMARTS) is 1. The number of anilines is 1. The smallest absolute Gasteiger partial charge is 0.347 e. The highest BCUT2D eigenvalue weighted by molar-refractivity contribution is 7.13. The van der Waals surface area contributed by atoms with Gasteiger partial charge in [0.1, 0.15) is 9.88 Å². The molecule has 0 saturated heterocycles. The Balaban J connectivity index is 2.04. The zero-order chi connectivity index (χ0) is 13.1. The van der Waals surface area contributed by atoms with Gasteiger partial charge in [-0.2, -0.15) is 0 Å². The van der Waals surface area contributed by atoms with E-state index in [1.54, 1.807) is 6.92 Å². The van der Waals surface area contributed by atoms with Gasteiger partial charge in [0.2, 0.25) is 0 Å². The molecule has 1 aromatic heterocycles. The van der Waals surface area contributed by atoms with E-state index in [9.17, 15) is 4.79 Å². The molecule has 2 rings (SSSR count). The van der Waals surface area contributed by atoms with Crippen LogP contribution in [0.4, 0.5) is 5.69 Å². The second-order valence-corrected chi connectivity index (χ2v) is 5.13. The summed E-state index contributed by atoms with van der Waals surface area (Å²) in [4.78, 5) is 15.5. The van der Waals surface area contributed by atoms with Crippen molar-refractivity contribution in [2.45, 2.75) is 20.4 Å². The van der Waals surface area contributed by atoms with Gasteiger partial charge >= 0.3 is 5.97 Å². The minimum atomic E-state index is -0.911. The van der Waals surface area contributed by atoms with Gasteiger partial charge < -0.3 is 10.4 Å². The summed E-state index contributed by atoms with van der Waals surface area (Å²) in [7, 11) is 0. The van der Waals surface area contributed by atoms with Gasteiger partial charge in [0.05, 0.1) is 12.2 Å². The van der Waals surface area contributed by atoms with Crippen LogP contribution in [0.25, 0.3) is 0 Å². The van der Waals surface area contributed by atoms with Crippen LogP contribution in [0, 0.1) is 13.8 Å². The molecule has 2 N–H and O–H groups in total. The van der Waals surface area contributed by atoms with Crippen molar-refractivity contribution in [2.75, 3.05) is 5.32 Å². The van der Waals surface area contributed by atoms with Crippen molar-refractivity contribution in [2.24, 2.45) is 0 Å². The van der Waals surface area contributed by atoms with Gasteiger partial charge in [-0.1, -0.05) is 17.7 Å². The molecule has 0 saturated carbocycles. The van der Waals surface area contributed by atoms with Gasteiger partial charge in [0, 0.05) is 5.69 Å². The number of carbonyl (C=O) groups is 1. The number of carboxylic acids is 1. The summed E-state index contributed by atoms with van der Waals surface area (Å²) < 4.78 is 0. The molecule has 0 bridgehead atoms. The zero-order valence-corrected chi connectivity index (χ0v) is 11.0. The van der Waals surface area contributed by atoms with E-state index in [0.717, 1.165) is 10.7 Å². The maximum atomic E-state index is 10.9. The van der Waals surface area contributed by atoms with Crippen LogP contribution in [0.15, 0.2) is 24.3 Å². The van der Waals surface area contributed by atoms with E-state index in [4.69, 9.17) is 5.11 Å². The molecule has 1 aromatic carbocycles. The summed E-state index contributed by atoms with van der Waals surface area (Å²) >= 11 is 1.22. The lowest BCUT2D eigenvalue weighted by molar-refractivity contribution is 0.0701. The third-order valence-electron chi connectivity index (χ3n) is 2.53. The third-order valence-corrected chi connectivity index (χ3v) is 3.68. The third kappa shape index (κ3) is 2.87. The average molecular weight is 262 g/mol. The molecule has 0 aliphatic carbocycles. The number of aryl methyl sites for hydroxylation is 2. The van der Waals surface area contributed by atoms with Crippen LogP contribution in [0.5, 0.6) is 0 Å². The highest BCUT2D eigenvalue weighted by atomic mass is 32.1. The lowest BCUT2D eigenvalue weighted by Gasteiger charge is -2.03. The quantitative estimate of drug-likeness (QED) is 0.889. The molecule has 0 aliphatic rings. The molecule has 0 atom stereocenters. The maximum absolute atomic E-state index is 10.9. The summed E-state index contributed by atoms with van der Waals surface area (Å²) in [5.74, 6) is -0.911. The number of nitrogens with one attached hydrogen (secondary N) is 1. The second kappa shape index (κ2) is 5.18. The minimum Gasteiger partial charge on any atom is -0.477 e. The minimum absolute atomic E-state index is 0.315. The summed E-state index contributed by atoms with van der Waals surface area (Å²) in [6.07, 6.45) is 0. The SMILES string of the molecule is Cc1ccc(NCc2nc(C)c(C(=O)O)s2)cc1. The topological polar surface area (TPSA) is 62.2 Å². The average Bonchev–Trinajstić information content (AvgIpc) is 2.70. The van der Waals surface area contributed by atoms with E-state index < -0.39 is 5.97 Å². The zero-order valence-electron chi connectivity index (χ0n) is 10.2. The van der Waals surface area contributed by atoms with Crippen molar-refractivity contribution >= 4 is 23.0 Å². The summed E-state index contributed by atoms with van der Waals surface area (Å²) in [6, 6.07) is 8.04. The first kappa shape index (κ1) is 12.6. The van der Waals surface area contributed by atoms with Crippen molar-refractivity contribution in [3.05, 3.63) is 45.4 Å². The van der Waals surface area contributed by atoms with E-state index in [1.807, 2.05) is 31.2 Å². The first-order chi connectivity index (χ1) is 8.56. The predicted octanol–water partition coefficient (Wildman–Crippen LogP) is 3.07. The Morgan fingerprint density at radius 1 is 1.33 bits per heavy atom. The Morgan fingerprint density at radius 2 is 2.00 bits per heavy atom. The molecule has 0 unspecified atom stereocenters. The van der Waals surface area contributed by atoms with Gasteiger partial charge in [-0.3, -0.25) is 0 Å². The molecular weight excluding hydrogens is 248 g/mol. The fraction of sp³-hybridized carbons (Fsp3) is 0.231. The van der Waals surface area contributed by atoms with Gasteiger partial charge in [0.15, 0.2) is 0 Å². The van der Waals surface area contributed by atoms with E-state index in [0.29, 0.717) is 17.1 Å². The summed E-state index contributed by atoms with van der Waals surface area (Å²) in [5.41, 5.74) is 2.79. The number of aromatic carboxylic acids is 1. The first-order valence-electron chi connectivity index (χ1n) is 5.56. The van der Waals surface area contributed by atoms with Crippen LogP contribution in [0.2, 0.25) is 0 Å². The van der Waals surface area contributed by atoms with Crippen molar-refractivity contribution < 1.29 is 9.90 Å². The molecule has 0 aliphatic heterocycles. The fourth-order valence-electron chi connectivity index (χ4n) is 1.58. The maximum Gasteiger partial charge on any atom is 0.347 e. The van der Waals surface area contributed by atoms with Crippen LogP contribution < -0.4 is 5.32 Å². The summed E-state index contributed by atoms with van der Waals surface area (Å²) in [6.45, 7) is 4.30. The molecule has 0 fully saturated rings. The van der Waals surface area contributed by atoms with Crippen LogP contribution in [0.3, 0.4) is 0 Å². The highest BCUT2D eigenvalue weighted by Gasteiger charge is 2.13. The Kier molecular flexibility index (Phi) is 3.62. The number of thiazole rings is 1. The number of benzene rings is 1. The summed E-state index contributed by atoms with van der Waals surface area (Å²) in [5, 5.41) is 13.0. The Labute approximate surface area is 109 Å². The molecule has 4 nitrogen and oxygen atoms in total. The van der Waals surface area contributed by atoms with Gasteiger partial charge in [-0.05, 0) is 26.0 Å². The van der Waals surface area contributed by atoms with E-state index in [1.165, 1.54) is 16.9 Å². The molecular formula is C13H14N2O2S. The first-order valence-corrected chi connectivity index (χ1v) is 6.38. The molecule has 2 aromatic rings. The molecule has 94 valence electrons. The Morgan fingerprint density at radius 3 is 2.56 bits per heavy atom. The van der Waals surface area contributed by atoms with Crippen molar-refractivity contribution in [1.82, 2.24) is 4.98 Å². The van der Waals surface area contributed by atoms with E-state index in [2.05, 4.69) is 10.3 Å². The van der Waals surface area contributed by atoms with Crippen LogP contribution in [-0.2, 0) is 6.54 Å². The standard InChI is InChI=1S/C13H14N2O2S/c1-8-3-5-10(6-4-8)14-7-11-15-9(2)12(18-11)13(16)17/h3-6,14H,7H2,1-2H3,(H,16,17). The number of hydrogen-bond acceptors (Lipinski definition) is 4. The highest BCUT2D eigenvalue weighted by Crippen LogP contribution is 2.19. The number of rotatable bonds is 4. The van der Waals surface area contributed by atoms with Crippen molar-refractivity contribution in [3.8, 4) is 0 Å². The molecule has 5 heteroatoms. The fourth-order valence-corrected chi connectivity index (χ4v) is 2.42. The van der Waals surface area contributed by atoms with Crippen molar-refractivity contribution in [3.63, 3.8) is 0 Å². The van der Waals surface area contributed by atoms with E-state index in [-0.39, 0.29) is 0 Å². The molecule has 1 heterocycles. The lowest BCUT2D eigenvalue weighted by atomic mass is 10.2. The predicted molar refractivity (Wildman–Crippen MR) is 72.3 cm³/mol. The van der Waals surface area contributed by atoms with Gasteiger partial charge in [0.25, 0.3) is 0 Å². The second-order valence-electron chi connectivity index (χ2n) is 4.05. The molecule has 18 heavy (non-hydrogen) atoms. The van der Waals surface area contributed by atoms with Crippen LogP contribution in [-0.4, -0.2) is 16.1 Å². The van der Waals surface area contributed by atoms with Gasteiger partial charge in [-0.25, -0.2) is 9.78 Å². The monoisotopic (exact) mass is 262 g/mol. The Hall–Kier alpha value is -1.88. The molecule has 0 amide bonds. The normalized spacial score (nSPS) is 10.3. The Bertz CT molecular complexity index is 561. The van der Waals surface area contributed by atoms with Crippen molar-refractivity contribution in [1.29, 1.82) is 0 Å². The number of aromatic nitrogens is 1. The molecule has 0 spiro atoms. The van der Waals surface area contributed by atoms with Crippen LogP contribution >= 0.6 is 11.3 Å². The lowest BCUT2D eigenvalue weighted by Crippen LogP contribution is -1.98. The van der Waals surface area contributed by atoms with Gasteiger partial charge in [-0.15, -0.1) is 11.3 Å². The number of hydrogen-bond donors (Lipinski definition) is 2. The largest absolute Gasteiger partial charge is 0.477 e. The number of nitrogens with zero attached hydrogens (tertiary/aromatic N) is 1. The molecule has 0 radical (unpaired) electrons. The van der Waals surface area contributed by atoms with E-state index >= 15 is 0 Å². The van der Waals surface area contributed by atoms with Crippen LogP contribution in [0.1, 0.15) is 25.9 Å².